The molecule has 0 spiro atoms. The van der Waals surface area contributed by atoms with Crippen molar-refractivity contribution in [2.24, 2.45) is 0 Å². The van der Waals surface area contributed by atoms with Crippen molar-refractivity contribution in [3.63, 3.8) is 0 Å². The standard InChI is InChI=1S/C48H28N2OS/c1-2-10-31(11-3-1)49-41-15-7-4-12-33(41)37-24-29(18-22-43(37)49)30-19-23-44-38(25-30)34-13-5-8-16-42(34)50(44)32-20-21-35-39-27-40-36-14-6-9-17-47(36)52-48(40)28-46(39)51-45(35)26-32/h1-28H. The van der Waals surface area contributed by atoms with E-state index < -0.39 is 0 Å². The highest BCUT2D eigenvalue weighted by Crippen LogP contribution is 2.42. The van der Waals surface area contributed by atoms with Gasteiger partial charge < -0.3 is 13.6 Å². The van der Waals surface area contributed by atoms with E-state index in [0.29, 0.717) is 0 Å². The van der Waals surface area contributed by atoms with Crippen LogP contribution >= 0.6 is 11.3 Å². The van der Waals surface area contributed by atoms with Gasteiger partial charge in [0.2, 0.25) is 0 Å². The molecule has 52 heavy (non-hydrogen) atoms. The van der Waals surface area contributed by atoms with Crippen LogP contribution in [0.15, 0.2) is 174 Å². The van der Waals surface area contributed by atoms with Gasteiger partial charge in [-0.05, 0) is 90.0 Å². The van der Waals surface area contributed by atoms with E-state index in [1.165, 1.54) is 80.6 Å². The van der Waals surface area contributed by atoms with Crippen molar-refractivity contribution >= 4 is 97.1 Å². The molecule has 3 nitrogen and oxygen atoms in total. The Balaban J connectivity index is 1.02. The Kier molecular flexibility index (Phi) is 5.65. The van der Waals surface area contributed by atoms with Gasteiger partial charge in [0.25, 0.3) is 0 Å². The van der Waals surface area contributed by atoms with Gasteiger partial charge in [-0.2, -0.15) is 0 Å². The molecule has 242 valence electrons. The summed E-state index contributed by atoms with van der Waals surface area (Å²) < 4.78 is 13.9. The number of hydrogen-bond donors (Lipinski definition) is 0. The van der Waals surface area contributed by atoms with Crippen LogP contribution in [0.3, 0.4) is 0 Å². The zero-order valence-corrected chi connectivity index (χ0v) is 28.7. The molecule has 4 heterocycles. The highest BCUT2D eigenvalue weighted by molar-refractivity contribution is 7.25. The molecule has 0 saturated carbocycles. The Morgan fingerprint density at radius 3 is 1.62 bits per heavy atom. The Labute approximate surface area is 301 Å². The summed E-state index contributed by atoms with van der Waals surface area (Å²) >= 11 is 1.83. The van der Waals surface area contributed by atoms with E-state index in [2.05, 4.69) is 179 Å². The number of nitrogens with zero attached hydrogens (tertiary/aromatic N) is 2. The number of furan rings is 1. The van der Waals surface area contributed by atoms with Crippen molar-refractivity contribution in [3.05, 3.63) is 170 Å². The van der Waals surface area contributed by atoms with Gasteiger partial charge in [-0.25, -0.2) is 0 Å². The van der Waals surface area contributed by atoms with Crippen LogP contribution in [0.1, 0.15) is 0 Å². The molecule has 0 aliphatic carbocycles. The summed E-state index contributed by atoms with van der Waals surface area (Å²) in [6.07, 6.45) is 0. The van der Waals surface area contributed by atoms with Gasteiger partial charge >= 0.3 is 0 Å². The first-order valence-corrected chi connectivity index (χ1v) is 18.5. The average molecular weight is 681 g/mol. The van der Waals surface area contributed by atoms with E-state index in [1.54, 1.807) is 0 Å². The van der Waals surface area contributed by atoms with Crippen LogP contribution < -0.4 is 0 Å². The number of hydrogen-bond acceptors (Lipinski definition) is 2. The van der Waals surface area contributed by atoms with Gasteiger partial charge in [-0.15, -0.1) is 11.3 Å². The van der Waals surface area contributed by atoms with Crippen molar-refractivity contribution < 1.29 is 4.42 Å². The number of para-hydroxylation sites is 3. The number of benzene rings is 8. The minimum atomic E-state index is 0.903. The largest absolute Gasteiger partial charge is 0.456 e. The van der Waals surface area contributed by atoms with Crippen molar-refractivity contribution in [1.29, 1.82) is 0 Å². The summed E-state index contributed by atoms with van der Waals surface area (Å²) in [6.45, 7) is 0. The lowest BCUT2D eigenvalue weighted by molar-refractivity contribution is 0.669. The average Bonchev–Trinajstić information content (AvgIpc) is 3.93. The predicted molar refractivity (Wildman–Crippen MR) is 221 cm³/mol. The van der Waals surface area contributed by atoms with E-state index in [4.69, 9.17) is 4.42 Å². The van der Waals surface area contributed by atoms with Crippen LogP contribution in [0.2, 0.25) is 0 Å². The van der Waals surface area contributed by atoms with Gasteiger partial charge in [0.1, 0.15) is 11.2 Å². The van der Waals surface area contributed by atoms with Crippen LogP contribution in [0.5, 0.6) is 0 Å². The second-order valence-electron chi connectivity index (χ2n) is 13.7. The van der Waals surface area contributed by atoms with Gasteiger partial charge in [0.15, 0.2) is 0 Å². The van der Waals surface area contributed by atoms with Crippen LogP contribution in [0.4, 0.5) is 0 Å². The second-order valence-corrected chi connectivity index (χ2v) is 14.8. The van der Waals surface area contributed by atoms with Gasteiger partial charge in [-0.3, -0.25) is 0 Å². The SMILES string of the molecule is c1ccc(-n2c3ccccc3c3cc(-c4ccc5c(c4)c4ccccc4n5-c4ccc5c(c4)oc4cc6sc7ccccc7c6cc45)ccc32)cc1. The van der Waals surface area contributed by atoms with Gasteiger partial charge in [-0.1, -0.05) is 84.9 Å². The van der Waals surface area contributed by atoms with E-state index in [1.807, 2.05) is 11.3 Å². The maximum absolute atomic E-state index is 6.58. The molecule has 0 aliphatic heterocycles. The summed E-state index contributed by atoms with van der Waals surface area (Å²) in [7, 11) is 0. The third-order valence-corrected chi connectivity index (χ3v) is 12.0. The fourth-order valence-electron chi connectivity index (χ4n) is 8.56. The first-order chi connectivity index (χ1) is 25.8. The third-order valence-electron chi connectivity index (χ3n) is 10.9. The van der Waals surface area contributed by atoms with Crippen LogP contribution in [0.25, 0.3) is 108 Å². The topological polar surface area (TPSA) is 23.0 Å². The summed E-state index contributed by atoms with van der Waals surface area (Å²) in [4.78, 5) is 0. The molecule has 0 atom stereocenters. The Morgan fingerprint density at radius 1 is 0.327 bits per heavy atom. The number of rotatable bonds is 3. The molecule has 0 radical (unpaired) electrons. The lowest BCUT2D eigenvalue weighted by Crippen LogP contribution is -1.93. The maximum atomic E-state index is 6.58. The van der Waals surface area contributed by atoms with E-state index in [-0.39, 0.29) is 0 Å². The molecule has 0 saturated heterocycles. The first kappa shape index (κ1) is 28.1. The van der Waals surface area contributed by atoms with E-state index in [9.17, 15) is 0 Å². The maximum Gasteiger partial charge on any atom is 0.137 e. The Hall–Kier alpha value is -6.62. The summed E-state index contributed by atoms with van der Waals surface area (Å²) in [5.74, 6) is 0. The first-order valence-electron chi connectivity index (χ1n) is 17.7. The highest BCUT2D eigenvalue weighted by Gasteiger charge is 2.18. The lowest BCUT2D eigenvalue weighted by Gasteiger charge is -2.09. The molecule has 8 aromatic carbocycles. The molecule has 4 heteroatoms. The Bertz CT molecular complexity index is 3410. The van der Waals surface area contributed by atoms with Crippen LogP contribution in [0, 0.1) is 0 Å². The molecule has 0 amide bonds. The van der Waals surface area contributed by atoms with E-state index >= 15 is 0 Å². The smallest absolute Gasteiger partial charge is 0.137 e. The molecule has 0 aliphatic rings. The molecule has 0 fully saturated rings. The van der Waals surface area contributed by atoms with E-state index in [0.717, 1.165) is 27.6 Å². The fraction of sp³-hybridized carbons (Fsp3) is 0. The van der Waals surface area contributed by atoms with Crippen LogP contribution in [-0.4, -0.2) is 9.13 Å². The molecule has 12 aromatic rings. The predicted octanol–water partition coefficient (Wildman–Crippen LogP) is 13.8. The zero-order chi connectivity index (χ0) is 33.9. The molecule has 4 aromatic heterocycles. The number of thiophene rings is 1. The third kappa shape index (κ3) is 3.90. The molecular formula is C48H28N2OS. The van der Waals surface area contributed by atoms with Crippen molar-refractivity contribution in [1.82, 2.24) is 9.13 Å². The lowest BCUT2D eigenvalue weighted by atomic mass is 10.0. The fourth-order valence-corrected chi connectivity index (χ4v) is 9.68. The summed E-state index contributed by atoms with van der Waals surface area (Å²) in [5.41, 5.74) is 11.3. The Morgan fingerprint density at radius 2 is 0.904 bits per heavy atom. The number of aromatic nitrogens is 2. The molecule has 0 bridgehead atoms. The molecule has 0 N–H and O–H groups in total. The van der Waals surface area contributed by atoms with Crippen molar-refractivity contribution in [2.75, 3.05) is 0 Å². The molecule has 0 unspecified atom stereocenters. The minimum absolute atomic E-state index is 0.903. The van der Waals surface area contributed by atoms with Gasteiger partial charge in [0, 0.05) is 69.9 Å². The zero-order valence-electron chi connectivity index (χ0n) is 27.9. The minimum Gasteiger partial charge on any atom is -0.456 e. The number of fused-ring (bicyclic) bond motifs is 12. The quantitative estimate of drug-likeness (QED) is 0.182. The van der Waals surface area contributed by atoms with Crippen molar-refractivity contribution in [3.8, 4) is 22.5 Å². The molecular weight excluding hydrogens is 653 g/mol. The van der Waals surface area contributed by atoms with Crippen LogP contribution in [-0.2, 0) is 0 Å². The van der Waals surface area contributed by atoms with Gasteiger partial charge in [0.05, 0.1) is 22.1 Å². The summed E-state index contributed by atoms with van der Waals surface area (Å²) in [5, 5.41) is 9.88. The monoisotopic (exact) mass is 680 g/mol. The normalized spacial score (nSPS) is 12.2. The second kappa shape index (κ2) is 10.5. The van der Waals surface area contributed by atoms with Crippen molar-refractivity contribution in [2.45, 2.75) is 0 Å². The highest BCUT2D eigenvalue weighted by atomic mass is 32.1. The summed E-state index contributed by atoms with van der Waals surface area (Å²) in [6, 6.07) is 61.8. The molecule has 12 rings (SSSR count).